The molecule has 6 nitrogen and oxygen atoms in total. The minimum absolute atomic E-state index is 0.300. The van der Waals surface area contributed by atoms with Crippen molar-refractivity contribution in [2.24, 2.45) is 0 Å². The van der Waals surface area contributed by atoms with Crippen LogP contribution in [-0.2, 0) is 22.5 Å². The summed E-state index contributed by atoms with van der Waals surface area (Å²) in [6, 6.07) is 7.55. The van der Waals surface area contributed by atoms with E-state index in [1.165, 1.54) is 12.7 Å². The molecular weight excluding hydrogens is 386 g/mol. The normalized spacial score (nSPS) is 14.6. The molecule has 2 aromatic rings. The lowest BCUT2D eigenvalue weighted by Gasteiger charge is -2.16. The van der Waals surface area contributed by atoms with E-state index in [9.17, 15) is 9.59 Å². The fourth-order valence-electron chi connectivity index (χ4n) is 3.68. The van der Waals surface area contributed by atoms with Crippen LogP contribution in [0.3, 0.4) is 0 Å². The number of ether oxygens (including phenoxy) is 1. The first-order valence-corrected chi connectivity index (χ1v) is 11.5. The number of amides is 1. The highest BCUT2D eigenvalue weighted by molar-refractivity contribution is 7.98. The molecule has 0 bridgehead atoms. The lowest BCUT2D eigenvalue weighted by Crippen LogP contribution is -2.42. The summed E-state index contributed by atoms with van der Waals surface area (Å²) in [6.07, 6.45) is 6.55. The molecule has 3 rings (SSSR count). The van der Waals surface area contributed by atoms with Crippen LogP contribution in [0.5, 0.6) is 0 Å². The Morgan fingerprint density at radius 2 is 2.00 bits per heavy atom. The molecule has 0 fully saturated rings. The molecule has 1 unspecified atom stereocenters. The molecule has 0 aliphatic carbocycles. The van der Waals surface area contributed by atoms with Crippen molar-refractivity contribution in [1.29, 1.82) is 0 Å². The summed E-state index contributed by atoms with van der Waals surface area (Å²) in [7, 11) is 1.35. The zero-order chi connectivity index (χ0) is 20.8. The third-order valence-corrected chi connectivity index (χ3v) is 5.94. The average Bonchev–Trinajstić information content (AvgIpc) is 2.92. The number of esters is 1. The van der Waals surface area contributed by atoms with Gasteiger partial charge in [0.1, 0.15) is 17.6 Å². The molecule has 1 aliphatic heterocycles. The standard InChI is InChI=1S/C22H29N3O3S/c1-15-8-10-16(11-9-15)20-24-19(18-7-5-4-6-13-25(18)20)21(26)23-17(12-14-29-3)22(27)28-2/h8-11,17H,4-7,12-14H2,1-3H3,(H,23,26). The van der Waals surface area contributed by atoms with Gasteiger partial charge in [0.15, 0.2) is 0 Å². The van der Waals surface area contributed by atoms with Crippen molar-refractivity contribution in [2.45, 2.75) is 51.6 Å². The quantitative estimate of drug-likeness (QED) is 0.700. The van der Waals surface area contributed by atoms with Gasteiger partial charge in [-0.2, -0.15) is 11.8 Å². The molecule has 1 atom stereocenters. The van der Waals surface area contributed by atoms with Gasteiger partial charge >= 0.3 is 5.97 Å². The van der Waals surface area contributed by atoms with Gasteiger partial charge in [0, 0.05) is 12.1 Å². The molecule has 0 saturated carbocycles. The highest BCUT2D eigenvalue weighted by Crippen LogP contribution is 2.27. The van der Waals surface area contributed by atoms with E-state index >= 15 is 0 Å². The van der Waals surface area contributed by atoms with Gasteiger partial charge in [0.25, 0.3) is 5.91 Å². The lowest BCUT2D eigenvalue weighted by atomic mass is 10.1. The Morgan fingerprint density at radius 3 is 2.69 bits per heavy atom. The van der Waals surface area contributed by atoms with Gasteiger partial charge in [-0.15, -0.1) is 0 Å². The molecule has 0 radical (unpaired) electrons. The van der Waals surface area contributed by atoms with Gasteiger partial charge in [-0.1, -0.05) is 36.2 Å². The molecule has 1 aliphatic rings. The van der Waals surface area contributed by atoms with E-state index in [-0.39, 0.29) is 5.91 Å². The van der Waals surface area contributed by atoms with Crippen LogP contribution in [0.2, 0.25) is 0 Å². The van der Waals surface area contributed by atoms with Gasteiger partial charge < -0.3 is 14.6 Å². The molecular formula is C22H29N3O3S. The summed E-state index contributed by atoms with van der Waals surface area (Å²) >= 11 is 1.63. The van der Waals surface area contributed by atoms with Crippen LogP contribution in [0.1, 0.15) is 47.4 Å². The van der Waals surface area contributed by atoms with Crippen LogP contribution < -0.4 is 5.32 Å². The fourth-order valence-corrected chi connectivity index (χ4v) is 4.15. The summed E-state index contributed by atoms with van der Waals surface area (Å²) in [4.78, 5) is 30.0. The Bertz CT molecular complexity index is 861. The smallest absolute Gasteiger partial charge is 0.328 e. The number of hydrogen-bond acceptors (Lipinski definition) is 5. The largest absolute Gasteiger partial charge is 0.467 e. The van der Waals surface area contributed by atoms with Gasteiger partial charge in [-0.3, -0.25) is 4.79 Å². The van der Waals surface area contributed by atoms with E-state index in [4.69, 9.17) is 9.72 Å². The monoisotopic (exact) mass is 415 g/mol. The summed E-state index contributed by atoms with van der Waals surface area (Å²) < 4.78 is 7.06. The number of benzene rings is 1. The Balaban J connectivity index is 1.94. The van der Waals surface area contributed by atoms with Crippen LogP contribution in [0.25, 0.3) is 11.4 Å². The first-order valence-electron chi connectivity index (χ1n) is 10.1. The third kappa shape index (κ3) is 5.01. The fraction of sp³-hybridized carbons (Fsp3) is 0.500. The van der Waals surface area contributed by atoms with Crippen LogP contribution >= 0.6 is 11.8 Å². The van der Waals surface area contributed by atoms with Gasteiger partial charge in [-0.25, -0.2) is 9.78 Å². The summed E-state index contributed by atoms with van der Waals surface area (Å²) in [5.41, 5.74) is 3.58. The number of nitrogens with zero attached hydrogens (tertiary/aromatic N) is 2. The lowest BCUT2D eigenvalue weighted by molar-refractivity contribution is -0.142. The summed E-state index contributed by atoms with van der Waals surface area (Å²) in [5.74, 6) is 0.864. The van der Waals surface area contributed by atoms with Gasteiger partial charge in [-0.05, 0) is 44.6 Å². The summed E-state index contributed by atoms with van der Waals surface area (Å²) in [6.45, 7) is 2.90. The summed E-state index contributed by atoms with van der Waals surface area (Å²) in [5, 5.41) is 2.86. The highest BCUT2D eigenvalue weighted by atomic mass is 32.2. The zero-order valence-corrected chi connectivity index (χ0v) is 18.2. The minimum atomic E-state index is -0.661. The van der Waals surface area contributed by atoms with Gasteiger partial charge in [0.2, 0.25) is 0 Å². The molecule has 29 heavy (non-hydrogen) atoms. The highest BCUT2D eigenvalue weighted by Gasteiger charge is 2.28. The predicted octanol–water partition coefficient (Wildman–Crippen LogP) is 3.61. The molecule has 156 valence electrons. The minimum Gasteiger partial charge on any atom is -0.467 e. The number of hydrogen-bond donors (Lipinski definition) is 1. The first kappa shape index (κ1) is 21.4. The maximum atomic E-state index is 13.1. The number of imidazole rings is 1. The van der Waals surface area contributed by atoms with Crippen molar-refractivity contribution in [3.63, 3.8) is 0 Å². The number of fused-ring (bicyclic) bond motifs is 1. The molecule has 1 aromatic carbocycles. The molecule has 1 aromatic heterocycles. The number of rotatable bonds is 7. The van der Waals surface area contributed by atoms with E-state index in [0.29, 0.717) is 12.1 Å². The number of methoxy groups -OCH3 is 1. The van der Waals surface area contributed by atoms with Crippen molar-refractivity contribution in [2.75, 3.05) is 19.1 Å². The number of carbonyl (C=O) groups is 2. The topological polar surface area (TPSA) is 73.2 Å². The van der Waals surface area contributed by atoms with Crippen molar-refractivity contribution in [3.05, 3.63) is 41.2 Å². The molecule has 7 heteroatoms. The van der Waals surface area contributed by atoms with Gasteiger partial charge in [0.05, 0.1) is 12.8 Å². The van der Waals surface area contributed by atoms with E-state index in [2.05, 4.69) is 28.9 Å². The second kappa shape index (κ2) is 9.96. The van der Waals surface area contributed by atoms with E-state index < -0.39 is 12.0 Å². The molecule has 0 saturated heterocycles. The first-order chi connectivity index (χ1) is 14.0. The number of aryl methyl sites for hydroxylation is 1. The number of carbonyl (C=O) groups excluding carboxylic acids is 2. The van der Waals surface area contributed by atoms with Crippen molar-refractivity contribution in [1.82, 2.24) is 14.9 Å². The number of aromatic nitrogens is 2. The molecule has 2 heterocycles. The van der Waals surface area contributed by atoms with Crippen LogP contribution in [0.15, 0.2) is 24.3 Å². The zero-order valence-electron chi connectivity index (χ0n) is 17.4. The van der Waals surface area contributed by atoms with Crippen LogP contribution in [0.4, 0.5) is 0 Å². The van der Waals surface area contributed by atoms with Crippen molar-refractivity contribution in [3.8, 4) is 11.4 Å². The van der Waals surface area contributed by atoms with E-state index in [1.54, 1.807) is 11.8 Å². The second-order valence-electron chi connectivity index (χ2n) is 7.39. The van der Waals surface area contributed by atoms with E-state index in [0.717, 1.165) is 55.1 Å². The second-order valence-corrected chi connectivity index (χ2v) is 8.38. The molecule has 1 N–H and O–H groups in total. The van der Waals surface area contributed by atoms with Crippen LogP contribution in [-0.4, -0.2) is 46.6 Å². The SMILES string of the molecule is COC(=O)C(CCSC)NC(=O)c1nc(-c2ccc(C)cc2)n2c1CCCCC2. The Kier molecular flexibility index (Phi) is 7.36. The Labute approximate surface area is 176 Å². The Hall–Kier alpha value is -2.28. The maximum absolute atomic E-state index is 13.1. The average molecular weight is 416 g/mol. The third-order valence-electron chi connectivity index (χ3n) is 5.29. The Morgan fingerprint density at radius 1 is 1.24 bits per heavy atom. The van der Waals surface area contributed by atoms with Crippen molar-refractivity contribution >= 4 is 23.6 Å². The number of thioether (sulfide) groups is 1. The van der Waals surface area contributed by atoms with Crippen molar-refractivity contribution < 1.29 is 14.3 Å². The number of nitrogens with one attached hydrogen (secondary N) is 1. The van der Waals surface area contributed by atoms with Crippen LogP contribution in [0, 0.1) is 6.92 Å². The molecule has 1 amide bonds. The maximum Gasteiger partial charge on any atom is 0.328 e. The molecule has 0 spiro atoms. The van der Waals surface area contributed by atoms with E-state index in [1.807, 2.05) is 18.4 Å². The predicted molar refractivity (Wildman–Crippen MR) is 116 cm³/mol.